The van der Waals surface area contributed by atoms with Gasteiger partial charge in [-0.25, -0.2) is 0 Å². The summed E-state index contributed by atoms with van der Waals surface area (Å²) in [5, 5.41) is 34.1. The molecule has 0 aromatic carbocycles. The van der Waals surface area contributed by atoms with Crippen molar-refractivity contribution in [2.75, 3.05) is 26.4 Å². The summed E-state index contributed by atoms with van der Waals surface area (Å²) in [6.45, 7) is 8.20. The molecule has 0 saturated carbocycles. The van der Waals surface area contributed by atoms with Crippen LogP contribution >= 0.6 is 0 Å². The van der Waals surface area contributed by atoms with Crippen LogP contribution in [-0.2, 0) is 23.9 Å². The van der Waals surface area contributed by atoms with Gasteiger partial charge in [0.15, 0.2) is 0 Å². The Bertz CT molecular complexity index is 399. The van der Waals surface area contributed by atoms with E-state index >= 15 is 0 Å². The molecule has 0 aromatic rings. The van der Waals surface area contributed by atoms with Gasteiger partial charge >= 0.3 is 11.9 Å². The summed E-state index contributed by atoms with van der Waals surface area (Å²) in [4.78, 5) is 39.5. The van der Waals surface area contributed by atoms with Gasteiger partial charge in [-0.1, -0.05) is 5.57 Å². The second-order valence-electron chi connectivity index (χ2n) is 5.03. The molecule has 1 rings (SSSR count). The molecule has 0 aliphatic carbocycles. The summed E-state index contributed by atoms with van der Waals surface area (Å²) >= 11 is 0. The SMILES string of the molecule is C=C(C)C.O=C(O)CCC(=O)O.O=C1CCC(=O)N1.OCCOCCO. The van der Waals surface area contributed by atoms with Crippen molar-refractivity contribution in [3.8, 4) is 0 Å². The molecule has 1 aliphatic heterocycles. The molecular formula is C16H29NO9. The summed E-state index contributed by atoms with van der Waals surface area (Å²) < 4.78 is 4.63. The van der Waals surface area contributed by atoms with E-state index in [0.717, 1.165) is 0 Å². The van der Waals surface area contributed by atoms with E-state index in [1.807, 2.05) is 13.8 Å². The summed E-state index contributed by atoms with van der Waals surface area (Å²) in [7, 11) is 0. The largest absolute Gasteiger partial charge is 0.481 e. The third-order valence-corrected chi connectivity index (χ3v) is 1.88. The molecule has 0 aromatic heterocycles. The van der Waals surface area contributed by atoms with E-state index in [-0.39, 0.29) is 37.9 Å². The first-order valence-corrected chi connectivity index (χ1v) is 7.74. The molecule has 1 saturated heterocycles. The lowest BCUT2D eigenvalue weighted by atomic mass is 10.3. The van der Waals surface area contributed by atoms with Crippen LogP contribution in [0.25, 0.3) is 0 Å². The van der Waals surface area contributed by atoms with Gasteiger partial charge in [-0.05, 0) is 13.8 Å². The average molecular weight is 379 g/mol. The Balaban J connectivity index is -0.000000278. The molecule has 1 heterocycles. The lowest BCUT2D eigenvalue weighted by Crippen LogP contribution is -2.18. The number of carbonyl (C=O) groups excluding carboxylic acids is 2. The number of hydrogen-bond donors (Lipinski definition) is 5. The fourth-order valence-electron chi connectivity index (χ4n) is 0.953. The lowest BCUT2D eigenvalue weighted by Gasteiger charge is -1.94. The van der Waals surface area contributed by atoms with Crippen molar-refractivity contribution in [1.29, 1.82) is 0 Å². The maximum Gasteiger partial charge on any atom is 0.303 e. The number of nitrogens with one attached hydrogen (secondary N) is 1. The van der Waals surface area contributed by atoms with Crippen LogP contribution < -0.4 is 5.32 Å². The standard InChI is InChI=1S/C4H5NO2.C4H6O4.C4H10O3.C4H8/c6-3-1-2-4(7)5-3;5-3(6)1-2-4(7)8;5-1-3-7-4-2-6;1-4(2)3/h1-2H2,(H,5,6,7);1-2H2,(H,5,6)(H,7,8);5-6H,1-4H2;1H2,2-3H3. The number of rotatable bonds is 7. The summed E-state index contributed by atoms with van der Waals surface area (Å²) in [6.07, 6.45) is 0.155. The number of imide groups is 1. The van der Waals surface area contributed by atoms with E-state index in [1.54, 1.807) is 0 Å². The highest BCUT2D eigenvalue weighted by Gasteiger charge is 2.15. The van der Waals surface area contributed by atoms with Crippen LogP contribution in [0.5, 0.6) is 0 Å². The topological polar surface area (TPSA) is 170 Å². The number of aliphatic hydroxyl groups excluding tert-OH is 2. The van der Waals surface area contributed by atoms with E-state index in [0.29, 0.717) is 26.1 Å². The number of ether oxygens (including phenoxy) is 1. The number of hydrogen-bond acceptors (Lipinski definition) is 7. The highest BCUT2D eigenvalue weighted by atomic mass is 16.5. The van der Waals surface area contributed by atoms with E-state index in [4.69, 9.17) is 20.4 Å². The Morgan fingerprint density at radius 2 is 1.27 bits per heavy atom. The highest BCUT2D eigenvalue weighted by molar-refractivity contribution is 6.01. The van der Waals surface area contributed by atoms with Gasteiger partial charge < -0.3 is 25.2 Å². The summed E-state index contributed by atoms with van der Waals surface area (Å²) in [5.74, 6) is -2.45. The van der Waals surface area contributed by atoms with Gasteiger partial charge in [0.2, 0.25) is 11.8 Å². The first kappa shape index (κ1) is 28.5. The van der Waals surface area contributed by atoms with Gasteiger partial charge in [0.05, 0.1) is 39.3 Å². The summed E-state index contributed by atoms with van der Waals surface area (Å²) in [5.41, 5.74) is 1.17. The molecule has 0 radical (unpaired) electrons. The average Bonchev–Trinajstić information content (AvgIpc) is 2.90. The molecule has 0 atom stereocenters. The fourth-order valence-corrected chi connectivity index (χ4v) is 0.953. The van der Waals surface area contributed by atoms with Crippen molar-refractivity contribution in [2.45, 2.75) is 39.5 Å². The molecular weight excluding hydrogens is 350 g/mol. The van der Waals surface area contributed by atoms with Crippen LogP contribution in [0, 0.1) is 0 Å². The van der Waals surface area contributed by atoms with Crippen LogP contribution in [0.2, 0.25) is 0 Å². The number of carboxylic acid groups (broad SMARTS) is 2. The smallest absolute Gasteiger partial charge is 0.303 e. The Morgan fingerprint density at radius 1 is 0.962 bits per heavy atom. The van der Waals surface area contributed by atoms with Crippen molar-refractivity contribution >= 4 is 23.8 Å². The van der Waals surface area contributed by atoms with Crippen LogP contribution in [0.1, 0.15) is 39.5 Å². The van der Waals surface area contributed by atoms with E-state index in [1.165, 1.54) is 5.57 Å². The maximum atomic E-state index is 10.1. The number of amides is 2. The molecule has 2 amide bonds. The number of aliphatic hydroxyl groups is 2. The quantitative estimate of drug-likeness (QED) is 0.231. The Kier molecular flexibility index (Phi) is 22.7. The van der Waals surface area contributed by atoms with Gasteiger partial charge in [0, 0.05) is 12.8 Å². The fraction of sp³-hybridized carbons (Fsp3) is 0.625. The number of carboxylic acids is 2. The minimum atomic E-state index is -1.08. The van der Waals surface area contributed by atoms with Crippen molar-refractivity contribution in [2.24, 2.45) is 0 Å². The van der Waals surface area contributed by atoms with Gasteiger partial charge in [-0.3, -0.25) is 24.5 Å². The normalized spacial score (nSPS) is 11.5. The molecule has 152 valence electrons. The van der Waals surface area contributed by atoms with Gasteiger partial charge in [0.1, 0.15) is 0 Å². The van der Waals surface area contributed by atoms with Gasteiger partial charge in [-0.2, -0.15) is 0 Å². The van der Waals surface area contributed by atoms with E-state index in [2.05, 4.69) is 16.6 Å². The number of carbonyl (C=O) groups is 4. The Labute approximate surface area is 152 Å². The van der Waals surface area contributed by atoms with Crippen molar-refractivity contribution < 1.29 is 44.3 Å². The third-order valence-electron chi connectivity index (χ3n) is 1.88. The summed E-state index contributed by atoms with van der Waals surface area (Å²) in [6, 6.07) is 0. The second kappa shape index (κ2) is 20.7. The van der Waals surface area contributed by atoms with Crippen molar-refractivity contribution in [3.05, 3.63) is 12.2 Å². The molecule has 10 heteroatoms. The highest BCUT2D eigenvalue weighted by Crippen LogP contribution is 1.95. The van der Waals surface area contributed by atoms with Crippen LogP contribution in [-0.4, -0.2) is 70.6 Å². The maximum absolute atomic E-state index is 10.1. The lowest BCUT2D eigenvalue weighted by molar-refractivity contribution is -0.143. The molecule has 26 heavy (non-hydrogen) atoms. The van der Waals surface area contributed by atoms with Gasteiger partial charge in [0.25, 0.3) is 0 Å². The predicted octanol–water partition coefficient (Wildman–Crippen LogP) is -0.0712. The zero-order valence-electron chi connectivity index (χ0n) is 15.2. The predicted molar refractivity (Wildman–Crippen MR) is 92.4 cm³/mol. The van der Waals surface area contributed by atoms with Gasteiger partial charge in [-0.15, -0.1) is 6.58 Å². The molecule has 1 fully saturated rings. The molecule has 0 unspecified atom stereocenters. The zero-order chi connectivity index (χ0) is 21.0. The minimum absolute atomic E-state index is 0.0278. The Hall–Kier alpha value is -2.30. The number of allylic oxidation sites excluding steroid dienone is 1. The van der Waals surface area contributed by atoms with E-state index < -0.39 is 11.9 Å². The first-order valence-electron chi connectivity index (χ1n) is 7.74. The third kappa shape index (κ3) is 37.7. The van der Waals surface area contributed by atoms with Crippen molar-refractivity contribution in [3.63, 3.8) is 0 Å². The van der Waals surface area contributed by atoms with E-state index in [9.17, 15) is 19.2 Å². The molecule has 0 spiro atoms. The molecule has 1 aliphatic rings. The Morgan fingerprint density at radius 3 is 1.42 bits per heavy atom. The van der Waals surface area contributed by atoms with Crippen molar-refractivity contribution in [1.82, 2.24) is 5.32 Å². The molecule has 5 N–H and O–H groups in total. The molecule has 0 bridgehead atoms. The minimum Gasteiger partial charge on any atom is -0.481 e. The molecule has 10 nitrogen and oxygen atoms in total. The zero-order valence-corrected chi connectivity index (χ0v) is 15.2. The first-order chi connectivity index (χ1) is 12.1. The van der Waals surface area contributed by atoms with Crippen LogP contribution in [0.3, 0.4) is 0 Å². The number of aliphatic carboxylic acids is 2. The monoisotopic (exact) mass is 379 g/mol. The second-order valence-corrected chi connectivity index (χ2v) is 5.03. The van der Waals surface area contributed by atoms with Crippen LogP contribution in [0.15, 0.2) is 12.2 Å². The van der Waals surface area contributed by atoms with Crippen LogP contribution in [0.4, 0.5) is 0 Å².